The summed E-state index contributed by atoms with van der Waals surface area (Å²) < 4.78 is 12.9. The first kappa shape index (κ1) is 22.5. The molecule has 2 heterocycles. The fourth-order valence-corrected chi connectivity index (χ4v) is 4.72. The Kier molecular flexibility index (Phi) is 7.52. The van der Waals surface area contributed by atoms with E-state index in [-0.39, 0.29) is 0 Å². The number of likely N-dealkylation sites (tertiary alicyclic amines) is 1. The molecule has 2 aromatic rings. The van der Waals surface area contributed by atoms with E-state index in [1.54, 1.807) is 14.2 Å². The molecule has 1 saturated carbocycles. The monoisotopic (exact) mass is 440 g/mol. The van der Waals surface area contributed by atoms with Crippen molar-refractivity contribution in [1.29, 1.82) is 0 Å². The molecule has 2 fully saturated rings. The number of aromatic nitrogens is 2. The average molecular weight is 441 g/mol. The summed E-state index contributed by atoms with van der Waals surface area (Å²) in [4.78, 5) is 6.86. The van der Waals surface area contributed by atoms with E-state index in [2.05, 4.69) is 49.6 Å². The van der Waals surface area contributed by atoms with Gasteiger partial charge in [0.15, 0.2) is 5.96 Å². The van der Waals surface area contributed by atoms with Crippen LogP contribution in [0.1, 0.15) is 49.4 Å². The van der Waals surface area contributed by atoms with Gasteiger partial charge in [0.1, 0.15) is 11.5 Å². The minimum absolute atomic E-state index is 0.366. The van der Waals surface area contributed by atoms with E-state index in [0.717, 1.165) is 49.2 Å². The van der Waals surface area contributed by atoms with E-state index in [1.807, 2.05) is 13.1 Å². The molecule has 8 nitrogen and oxygen atoms in total. The maximum Gasteiger partial charge on any atom is 0.191 e. The fraction of sp³-hybridized carbons (Fsp3) is 0.583. The summed E-state index contributed by atoms with van der Waals surface area (Å²) in [5, 5.41) is 11.8. The van der Waals surface area contributed by atoms with Crippen LogP contribution in [-0.2, 0) is 13.1 Å². The van der Waals surface area contributed by atoms with Crippen LogP contribution in [-0.4, -0.2) is 61.0 Å². The standard InChI is InChI=1S/C24H36N6O2/c1-25-24(26-15-19-9-11-30(28-19)21-6-4-5-7-21)27-20-8-10-29(17-20)16-18-12-22(31-2)14-23(13-18)32-3/h9,11-14,20-21H,4-8,10,15-17H2,1-3H3,(H2,25,26,27). The molecule has 1 aromatic heterocycles. The van der Waals surface area contributed by atoms with Gasteiger partial charge in [-0.2, -0.15) is 5.10 Å². The summed E-state index contributed by atoms with van der Waals surface area (Å²) in [5.41, 5.74) is 2.25. The summed E-state index contributed by atoms with van der Waals surface area (Å²) >= 11 is 0. The molecule has 8 heteroatoms. The molecule has 32 heavy (non-hydrogen) atoms. The summed E-state index contributed by atoms with van der Waals surface area (Å²) in [6.45, 7) is 3.56. The van der Waals surface area contributed by atoms with Gasteiger partial charge < -0.3 is 20.1 Å². The van der Waals surface area contributed by atoms with Crippen LogP contribution in [0, 0.1) is 0 Å². The molecular weight excluding hydrogens is 404 g/mol. The van der Waals surface area contributed by atoms with Crippen molar-refractivity contribution in [1.82, 2.24) is 25.3 Å². The number of nitrogens with one attached hydrogen (secondary N) is 2. The highest BCUT2D eigenvalue weighted by atomic mass is 16.5. The molecule has 174 valence electrons. The van der Waals surface area contributed by atoms with Crippen LogP contribution in [0.5, 0.6) is 11.5 Å². The van der Waals surface area contributed by atoms with E-state index in [9.17, 15) is 0 Å². The third kappa shape index (κ3) is 5.73. The quantitative estimate of drug-likeness (QED) is 0.486. The number of nitrogens with zero attached hydrogens (tertiary/aromatic N) is 4. The highest BCUT2D eigenvalue weighted by Gasteiger charge is 2.24. The number of benzene rings is 1. The Morgan fingerprint density at radius 3 is 2.56 bits per heavy atom. The van der Waals surface area contributed by atoms with E-state index in [0.29, 0.717) is 18.6 Å². The van der Waals surface area contributed by atoms with E-state index < -0.39 is 0 Å². The highest BCUT2D eigenvalue weighted by Crippen LogP contribution is 2.28. The van der Waals surface area contributed by atoms with Crippen LogP contribution in [0.3, 0.4) is 0 Å². The molecule has 1 unspecified atom stereocenters. The molecule has 1 atom stereocenters. The van der Waals surface area contributed by atoms with Crippen LogP contribution in [0.2, 0.25) is 0 Å². The first-order valence-corrected chi connectivity index (χ1v) is 11.6. The lowest BCUT2D eigenvalue weighted by Gasteiger charge is -2.19. The van der Waals surface area contributed by atoms with Crippen LogP contribution in [0.4, 0.5) is 0 Å². The Morgan fingerprint density at radius 2 is 1.88 bits per heavy atom. The van der Waals surface area contributed by atoms with Crippen LogP contribution in [0.15, 0.2) is 35.5 Å². The second kappa shape index (κ2) is 10.7. The van der Waals surface area contributed by atoms with E-state index in [1.165, 1.54) is 31.2 Å². The van der Waals surface area contributed by atoms with Gasteiger partial charge in [0, 0.05) is 45.0 Å². The van der Waals surface area contributed by atoms with Gasteiger partial charge in [0.05, 0.1) is 32.5 Å². The van der Waals surface area contributed by atoms with Crippen molar-refractivity contribution in [3.63, 3.8) is 0 Å². The molecule has 1 aliphatic carbocycles. The van der Waals surface area contributed by atoms with Gasteiger partial charge in [-0.3, -0.25) is 14.6 Å². The van der Waals surface area contributed by atoms with Crippen molar-refractivity contribution in [2.24, 2.45) is 4.99 Å². The van der Waals surface area contributed by atoms with E-state index >= 15 is 0 Å². The zero-order chi connectivity index (χ0) is 22.3. The lowest BCUT2D eigenvalue weighted by atomic mass is 10.2. The third-order valence-corrected chi connectivity index (χ3v) is 6.45. The van der Waals surface area contributed by atoms with Crippen molar-refractivity contribution >= 4 is 5.96 Å². The van der Waals surface area contributed by atoms with Crippen LogP contribution < -0.4 is 20.1 Å². The smallest absolute Gasteiger partial charge is 0.191 e. The zero-order valence-corrected chi connectivity index (χ0v) is 19.5. The average Bonchev–Trinajstić information content (AvgIpc) is 3.58. The number of methoxy groups -OCH3 is 2. The van der Waals surface area contributed by atoms with Crippen LogP contribution in [0.25, 0.3) is 0 Å². The minimum Gasteiger partial charge on any atom is -0.497 e. The number of hydrogen-bond donors (Lipinski definition) is 2. The number of aliphatic imine (C=N–C) groups is 1. The normalized spacial score (nSPS) is 20.0. The fourth-order valence-electron chi connectivity index (χ4n) is 4.72. The predicted octanol–water partition coefficient (Wildman–Crippen LogP) is 2.95. The first-order valence-electron chi connectivity index (χ1n) is 11.6. The van der Waals surface area contributed by atoms with E-state index in [4.69, 9.17) is 14.6 Å². The second-order valence-electron chi connectivity index (χ2n) is 8.74. The topological polar surface area (TPSA) is 75.9 Å². The Hall–Kier alpha value is -2.74. The SMILES string of the molecule is CN=C(NCc1ccn(C2CCCC2)n1)NC1CCN(Cc2cc(OC)cc(OC)c2)C1. The second-order valence-corrected chi connectivity index (χ2v) is 8.74. The van der Waals surface area contributed by atoms with Gasteiger partial charge in [-0.25, -0.2) is 0 Å². The van der Waals surface area contributed by atoms with Crippen molar-refractivity contribution < 1.29 is 9.47 Å². The summed E-state index contributed by atoms with van der Waals surface area (Å²) in [5.74, 6) is 2.48. The molecule has 1 aliphatic heterocycles. The molecule has 1 saturated heterocycles. The molecule has 0 spiro atoms. The van der Waals surface area contributed by atoms with Crippen molar-refractivity contribution in [2.45, 2.75) is 57.3 Å². The minimum atomic E-state index is 0.366. The maximum atomic E-state index is 5.40. The first-order chi connectivity index (χ1) is 15.7. The lowest BCUT2D eigenvalue weighted by molar-refractivity contribution is 0.321. The molecule has 2 N–H and O–H groups in total. The predicted molar refractivity (Wildman–Crippen MR) is 126 cm³/mol. The van der Waals surface area contributed by atoms with Crippen molar-refractivity contribution in [3.05, 3.63) is 41.7 Å². The van der Waals surface area contributed by atoms with Crippen molar-refractivity contribution in [3.8, 4) is 11.5 Å². The highest BCUT2D eigenvalue weighted by molar-refractivity contribution is 5.79. The Bertz CT molecular complexity index is 883. The number of ether oxygens (including phenoxy) is 2. The number of hydrogen-bond acceptors (Lipinski definition) is 5. The lowest BCUT2D eigenvalue weighted by Crippen LogP contribution is -2.44. The van der Waals surface area contributed by atoms with Gasteiger partial charge in [-0.1, -0.05) is 12.8 Å². The van der Waals surface area contributed by atoms with Crippen molar-refractivity contribution in [2.75, 3.05) is 34.4 Å². The summed E-state index contributed by atoms with van der Waals surface area (Å²) in [6.07, 6.45) is 8.33. The summed E-state index contributed by atoms with van der Waals surface area (Å²) in [7, 11) is 5.19. The van der Waals surface area contributed by atoms with Gasteiger partial charge >= 0.3 is 0 Å². The maximum absolute atomic E-state index is 5.40. The Labute approximate surface area is 191 Å². The van der Waals surface area contributed by atoms with Gasteiger partial charge in [0.2, 0.25) is 0 Å². The molecule has 2 aliphatic rings. The molecular formula is C24H36N6O2. The molecule has 4 rings (SSSR count). The van der Waals surface area contributed by atoms with Gasteiger partial charge in [0.25, 0.3) is 0 Å². The Balaban J connectivity index is 1.25. The van der Waals surface area contributed by atoms with Gasteiger partial charge in [-0.05, 0) is 43.0 Å². The largest absolute Gasteiger partial charge is 0.497 e. The Morgan fingerprint density at radius 1 is 1.12 bits per heavy atom. The molecule has 0 amide bonds. The third-order valence-electron chi connectivity index (χ3n) is 6.45. The van der Waals surface area contributed by atoms with Gasteiger partial charge in [-0.15, -0.1) is 0 Å². The molecule has 0 bridgehead atoms. The van der Waals surface area contributed by atoms with Crippen LogP contribution >= 0.6 is 0 Å². The molecule has 0 radical (unpaired) electrons. The molecule has 1 aromatic carbocycles. The number of guanidine groups is 1. The zero-order valence-electron chi connectivity index (χ0n) is 19.5. The number of rotatable bonds is 8. The summed E-state index contributed by atoms with van der Waals surface area (Å²) in [6, 6.07) is 9.12.